The molecule has 2 aromatic rings. The Labute approximate surface area is 156 Å². The van der Waals surface area contributed by atoms with Crippen molar-refractivity contribution in [2.45, 2.75) is 18.0 Å². The number of halogens is 1. The number of carbonyl (C=O) groups excluding carboxylic acids is 1. The number of aliphatic imine (C=N–C) groups is 1. The molecule has 7 N–H and O–H groups in total. The highest BCUT2D eigenvalue weighted by Gasteiger charge is 2.48. The van der Waals surface area contributed by atoms with Crippen LogP contribution in [0.1, 0.15) is 12.1 Å². The van der Waals surface area contributed by atoms with E-state index in [-0.39, 0.29) is 17.7 Å². The van der Waals surface area contributed by atoms with Crippen LogP contribution >= 0.6 is 11.6 Å². The van der Waals surface area contributed by atoms with Crippen LogP contribution in [0.2, 0.25) is 5.02 Å². The molecule has 3 unspecified atom stereocenters. The van der Waals surface area contributed by atoms with Gasteiger partial charge in [-0.25, -0.2) is 0 Å². The molecule has 7 nitrogen and oxygen atoms in total. The number of rotatable bonds is 5. The molecule has 2 heterocycles. The number of H-pyrrole nitrogens is 1. The van der Waals surface area contributed by atoms with E-state index in [0.29, 0.717) is 30.4 Å². The number of hydrogen-bond acceptors (Lipinski definition) is 5. The molecular weight excluding hydrogens is 354 g/mol. The lowest BCUT2D eigenvalue weighted by Gasteiger charge is -2.42. The highest BCUT2D eigenvalue weighted by molar-refractivity contribution is 6.42. The van der Waals surface area contributed by atoms with Gasteiger partial charge in [-0.2, -0.15) is 0 Å². The standard InChI is InChI=1S/C18H22ClN5O2/c1-2-23-16(17(21)25)18(22,11-6-7-26-9-13(11)20)15-8-10-12(19)4-3-5-14(10)24-15/h2-5,8,11,13,24H,1,6-7,9,20,22H2,(H2,21,25)/b23-16-. The topological polar surface area (TPSA) is 133 Å². The average molecular weight is 376 g/mol. The van der Waals surface area contributed by atoms with Crippen LogP contribution in [-0.2, 0) is 15.1 Å². The van der Waals surface area contributed by atoms with Crippen molar-refractivity contribution in [1.82, 2.24) is 4.98 Å². The molecule has 0 bridgehead atoms. The number of ether oxygens (including phenoxy) is 1. The molecule has 1 fully saturated rings. The number of primary amides is 1. The molecule has 1 aliphatic heterocycles. The Morgan fingerprint density at radius 2 is 2.27 bits per heavy atom. The number of aromatic amines is 1. The lowest BCUT2D eigenvalue weighted by atomic mass is 9.71. The Morgan fingerprint density at radius 3 is 2.88 bits per heavy atom. The summed E-state index contributed by atoms with van der Waals surface area (Å²) in [6.45, 7) is 4.40. The van der Waals surface area contributed by atoms with Crippen LogP contribution in [0.5, 0.6) is 0 Å². The first kappa shape index (κ1) is 18.6. The molecule has 0 saturated carbocycles. The van der Waals surface area contributed by atoms with E-state index in [4.69, 9.17) is 33.5 Å². The monoisotopic (exact) mass is 375 g/mol. The first-order chi connectivity index (χ1) is 12.4. The fraction of sp³-hybridized carbons (Fsp3) is 0.333. The van der Waals surface area contributed by atoms with Crippen LogP contribution in [0, 0.1) is 5.92 Å². The average Bonchev–Trinajstić information content (AvgIpc) is 3.05. The van der Waals surface area contributed by atoms with Gasteiger partial charge < -0.3 is 26.9 Å². The van der Waals surface area contributed by atoms with Crippen molar-refractivity contribution in [2.24, 2.45) is 28.1 Å². The van der Waals surface area contributed by atoms with Gasteiger partial charge in [-0.3, -0.25) is 9.79 Å². The summed E-state index contributed by atoms with van der Waals surface area (Å²) in [7, 11) is 0. The van der Waals surface area contributed by atoms with Gasteiger partial charge in [0.15, 0.2) is 0 Å². The van der Waals surface area contributed by atoms with E-state index in [1.165, 1.54) is 6.20 Å². The normalized spacial score (nSPS) is 23.6. The zero-order chi connectivity index (χ0) is 18.9. The van der Waals surface area contributed by atoms with Crippen LogP contribution in [0.15, 0.2) is 42.0 Å². The van der Waals surface area contributed by atoms with E-state index >= 15 is 0 Å². The van der Waals surface area contributed by atoms with Gasteiger partial charge in [0.25, 0.3) is 5.91 Å². The summed E-state index contributed by atoms with van der Waals surface area (Å²) < 4.78 is 5.43. The smallest absolute Gasteiger partial charge is 0.265 e. The predicted molar refractivity (Wildman–Crippen MR) is 103 cm³/mol. The van der Waals surface area contributed by atoms with E-state index in [1.54, 1.807) is 6.07 Å². The summed E-state index contributed by atoms with van der Waals surface area (Å²) in [6, 6.07) is 6.93. The van der Waals surface area contributed by atoms with Gasteiger partial charge in [0, 0.05) is 46.4 Å². The number of amides is 1. The van der Waals surface area contributed by atoms with Gasteiger partial charge in [0.05, 0.1) is 6.61 Å². The fourth-order valence-corrected chi connectivity index (χ4v) is 3.86. The van der Waals surface area contributed by atoms with E-state index in [9.17, 15) is 4.79 Å². The largest absolute Gasteiger partial charge is 0.380 e. The van der Waals surface area contributed by atoms with Gasteiger partial charge in [0.1, 0.15) is 11.3 Å². The van der Waals surface area contributed by atoms with Crippen LogP contribution in [0.25, 0.3) is 10.9 Å². The number of nitrogens with one attached hydrogen (secondary N) is 1. The Morgan fingerprint density at radius 1 is 1.50 bits per heavy atom. The first-order valence-electron chi connectivity index (χ1n) is 8.28. The number of nitrogens with zero attached hydrogens (tertiary/aromatic N) is 1. The molecule has 138 valence electrons. The summed E-state index contributed by atoms with van der Waals surface area (Å²) in [6.07, 6.45) is 1.81. The van der Waals surface area contributed by atoms with E-state index in [0.717, 1.165) is 10.9 Å². The second-order valence-corrected chi connectivity index (χ2v) is 6.82. The molecule has 1 aromatic heterocycles. The summed E-state index contributed by atoms with van der Waals surface area (Å²) in [4.78, 5) is 19.6. The van der Waals surface area contributed by atoms with E-state index < -0.39 is 11.4 Å². The van der Waals surface area contributed by atoms with Crippen LogP contribution < -0.4 is 17.2 Å². The van der Waals surface area contributed by atoms with Crippen molar-refractivity contribution in [3.63, 3.8) is 0 Å². The molecular formula is C18H22ClN5O2. The second kappa shape index (κ2) is 7.20. The lowest BCUT2D eigenvalue weighted by molar-refractivity contribution is -0.112. The maximum atomic E-state index is 12.2. The van der Waals surface area contributed by atoms with Gasteiger partial charge in [-0.15, -0.1) is 0 Å². The lowest BCUT2D eigenvalue weighted by Crippen LogP contribution is -2.62. The molecule has 0 spiro atoms. The highest BCUT2D eigenvalue weighted by Crippen LogP contribution is 2.37. The Bertz CT molecular complexity index is 878. The summed E-state index contributed by atoms with van der Waals surface area (Å²) >= 11 is 6.29. The number of carbonyl (C=O) groups is 1. The molecule has 1 aliphatic rings. The Hall–Kier alpha value is -2.19. The number of hydrogen-bond donors (Lipinski definition) is 4. The third kappa shape index (κ3) is 3.03. The molecule has 0 radical (unpaired) electrons. The van der Waals surface area contributed by atoms with Crippen molar-refractivity contribution in [1.29, 1.82) is 0 Å². The van der Waals surface area contributed by atoms with E-state index in [2.05, 4.69) is 16.6 Å². The molecule has 1 saturated heterocycles. The zero-order valence-corrected chi connectivity index (χ0v) is 15.0. The minimum Gasteiger partial charge on any atom is -0.380 e. The highest BCUT2D eigenvalue weighted by atomic mass is 35.5. The molecule has 1 amide bonds. The maximum Gasteiger partial charge on any atom is 0.265 e. The number of nitrogens with two attached hydrogens (primary N) is 3. The number of fused-ring (bicyclic) bond motifs is 1. The summed E-state index contributed by atoms with van der Waals surface area (Å²) in [5.74, 6) is -1.04. The van der Waals surface area contributed by atoms with Crippen LogP contribution in [0.3, 0.4) is 0 Å². The van der Waals surface area contributed by atoms with Crippen molar-refractivity contribution < 1.29 is 9.53 Å². The molecule has 3 atom stereocenters. The number of aromatic nitrogens is 1. The minimum absolute atomic E-state index is 0.00229. The molecule has 8 heteroatoms. The third-order valence-electron chi connectivity index (χ3n) is 4.89. The van der Waals surface area contributed by atoms with Gasteiger partial charge >= 0.3 is 0 Å². The first-order valence-corrected chi connectivity index (χ1v) is 8.66. The molecule has 26 heavy (non-hydrogen) atoms. The summed E-state index contributed by atoms with van der Waals surface area (Å²) in [5.41, 5.74) is 18.8. The molecule has 1 aromatic carbocycles. The quantitative estimate of drug-likeness (QED) is 0.588. The maximum absolute atomic E-state index is 12.2. The summed E-state index contributed by atoms with van der Waals surface area (Å²) in [5, 5.41) is 1.37. The fourth-order valence-electron chi connectivity index (χ4n) is 3.63. The Balaban J connectivity index is 2.24. The predicted octanol–water partition coefficient (Wildman–Crippen LogP) is 1.41. The zero-order valence-electron chi connectivity index (χ0n) is 14.2. The van der Waals surface area contributed by atoms with Crippen molar-refractivity contribution >= 4 is 34.1 Å². The number of benzene rings is 1. The van der Waals surface area contributed by atoms with Gasteiger partial charge in [0.2, 0.25) is 0 Å². The van der Waals surface area contributed by atoms with Gasteiger partial charge in [-0.1, -0.05) is 24.2 Å². The third-order valence-corrected chi connectivity index (χ3v) is 5.22. The molecule has 0 aliphatic carbocycles. The second-order valence-electron chi connectivity index (χ2n) is 6.41. The van der Waals surface area contributed by atoms with E-state index in [1.807, 2.05) is 18.2 Å². The SMILES string of the molecule is C=C/N=C(/C(N)=O)C(N)(c1cc2c(Cl)cccc2[nH]1)C1CCOCC1N. The van der Waals surface area contributed by atoms with Crippen molar-refractivity contribution in [3.8, 4) is 0 Å². The van der Waals surface area contributed by atoms with Crippen LogP contribution in [-0.4, -0.2) is 35.9 Å². The van der Waals surface area contributed by atoms with Gasteiger partial charge in [-0.05, 0) is 24.6 Å². The minimum atomic E-state index is -1.33. The van der Waals surface area contributed by atoms with Crippen LogP contribution in [0.4, 0.5) is 0 Å². The van der Waals surface area contributed by atoms with Crippen molar-refractivity contribution in [3.05, 3.63) is 47.8 Å². The Kier molecular flexibility index (Phi) is 5.15. The van der Waals surface area contributed by atoms with Crippen molar-refractivity contribution in [2.75, 3.05) is 13.2 Å². The molecule has 3 rings (SSSR count).